The first-order valence-electron chi connectivity index (χ1n) is 7.75. The number of benzene rings is 1. The molecule has 0 aromatic heterocycles. The lowest BCUT2D eigenvalue weighted by Crippen LogP contribution is -2.62. The number of nitrogens with one attached hydrogen (secondary N) is 2. The maximum absolute atomic E-state index is 13.9. The molecule has 10 heteroatoms. The van der Waals surface area contributed by atoms with E-state index in [-0.39, 0.29) is 11.3 Å². The van der Waals surface area contributed by atoms with E-state index < -0.39 is 46.7 Å². The molecule has 1 aliphatic carbocycles. The fourth-order valence-corrected chi connectivity index (χ4v) is 3.28. The minimum absolute atomic E-state index is 0.00354. The highest BCUT2D eigenvalue weighted by atomic mass is 19.1. The highest BCUT2D eigenvalue weighted by Gasteiger charge is 2.61. The number of halogens is 1. The van der Waals surface area contributed by atoms with E-state index in [1.807, 2.05) is 0 Å². The summed E-state index contributed by atoms with van der Waals surface area (Å²) < 4.78 is 13.9. The van der Waals surface area contributed by atoms with Gasteiger partial charge in [0.15, 0.2) is 5.78 Å². The predicted molar refractivity (Wildman–Crippen MR) is 87.5 cm³/mol. The molecule has 1 fully saturated rings. The van der Waals surface area contributed by atoms with Gasteiger partial charge in [0, 0.05) is 18.7 Å². The standard InChI is InChI=1S/C17H11FN4O5/c1-21-15(26)19-11-4-2-8(18)6-10(11)17(21)14(25)22(16(27)20-17)12-7-9(23)3-5-13(12)24/h2-7H,1H3,(H,19,26)(H,20,27). The van der Waals surface area contributed by atoms with E-state index in [9.17, 15) is 28.4 Å². The highest BCUT2D eigenvalue weighted by molar-refractivity contribution is 6.23. The van der Waals surface area contributed by atoms with E-state index >= 15 is 0 Å². The Balaban J connectivity index is 1.90. The van der Waals surface area contributed by atoms with Crippen molar-refractivity contribution in [2.75, 3.05) is 12.4 Å². The van der Waals surface area contributed by atoms with Crippen molar-refractivity contribution in [3.05, 3.63) is 53.5 Å². The molecule has 1 saturated heterocycles. The Labute approximate surface area is 151 Å². The summed E-state index contributed by atoms with van der Waals surface area (Å²) in [5, 5.41) is 4.86. The normalized spacial score (nSPS) is 24.2. The number of anilines is 1. The summed E-state index contributed by atoms with van der Waals surface area (Å²) in [6, 6.07) is 1.63. The lowest BCUT2D eigenvalue weighted by Gasteiger charge is -2.41. The molecule has 0 saturated carbocycles. The molecule has 0 radical (unpaired) electrons. The maximum Gasteiger partial charge on any atom is 0.331 e. The van der Waals surface area contributed by atoms with Gasteiger partial charge in [0.2, 0.25) is 11.4 Å². The third kappa shape index (κ3) is 2.13. The molecular weight excluding hydrogens is 359 g/mol. The van der Waals surface area contributed by atoms with Gasteiger partial charge in [-0.05, 0) is 30.4 Å². The zero-order valence-electron chi connectivity index (χ0n) is 13.8. The van der Waals surface area contributed by atoms with Crippen LogP contribution in [0.3, 0.4) is 0 Å². The van der Waals surface area contributed by atoms with Crippen LogP contribution < -0.4 is 10.6 Å². The monoisotopic (exact) mass is 370 g/mol. The number of hydrogen-bond acceptors (Lipinski definition) is 5. The van der Waals surface area contributed by atoms with E-state index in [2.05, 4.69) is 10.6 Å². The van der Waals surface area contributed by atoms with Crippen molar-refractivity contribution in [2.45, 2.75) is 5.66 Å². The molecule has 1 spiro atoms. The number of amides is 5. The SMILES string of the molecule is CN1C(=O)Nc2ccc(F)cc2C12NC(=O)N(C1=CC(=O)C=CC1=O)C2=O. The third-order valence-corrected chi connectivity index (χ3v) is 4.60. The van der Waals surface area contributed by atoms with Crippen LogP contribution in [0.15, 0.2) is 42.1 Å². The zero-order chi connectivity index (χ0) is 19.5. The summed E-state index contributed by atoms with van der Waals surface area (Å²) in [4.78, 5) is 63.2. The van der Waals surface area contributed by atoms with Crippen LogP contribution in [0.25, 0.3) is 0 Å². The number of urea groups is 2. The van der Waals surface area contributed by atoms with E-state index in [0.29, 0.717) is 4.90 Å². The van der Waals surface area contributed by atoms with Crippen molar-refractivity contribution in [3.8, 4) is 0 Å². The van der Waals surface area contributed by atoms with Gasteiger partial charge >= 0.3 is 12.1 Å². The van der Waals surface area contributed by atoms with E-state index in [1.54, 1.807) is 0 Å². The fraction of sp³-hybridized carbons (Fsp3) is 0.118. The molecule has 136 valence electrons. The summed E-state index contributed by atoms with van der Waals surface area (Å²) in [6.45, 7) is 0. The maximum atomic E-state index is 13.9. The molecule has 0 bridgehead atoms. The molecule has 27 heavy (non-hydrogen) atoms. The molecule has 4 rings (SSSR count). The molecule has 1 aromatic rings. The Morgan fingerprint density at radius 3 is 2.52 bits per heavy atom. The van der Waals surface area contributed by atoms with E-state index in [1.165, 1.54) is 13.1 Å². The van der Waals surface area contributed by atoms with Crippen LogP contribution in [0, 0.1) is 5.82 Å². The third-order valence-electron chi connectivity index (χ3n) is 4.60. The van der Waals surface area contributed by atoms with Crippen LogP contribution in [-0.2, 0) is 20.0 Å². The van der Waals surface area contributed by atoms with Crippen molar-refractivity contribution in [1.29, 1.82) is 0 Å². The first kappa shape index (κ1) is 16.6. The Morgan fingerprint density at radius 2 is 1.78 bits per heavy atom. The number of carbonyl (C=O) groups is 5. The number of hydrogen-bond donors (Lipinski definition) is 2. The van der Waals surface area contributed by atoms with Gasteiger partial charge in [-0.15, -0.1) is 0 Å². The number of imide groups is 1. The van der Waals surface area contributed by atoms with Gasteiger partial charge in [-0.25, -0.2) is 18.9 Å². The molecular formula is C17H11FN4O5. The summed E-state index contributed by atoms with van der Waals surface area (Å²) in [6.07, 6.45) is 2.80. The van der Waals surface area contributed by atoms with Gasteiger partial charge in [0.1, 0.15) is 11.5 Å². The average molecular weight is 370 g/mol. The second-order valence-corrected chi connectivity index (χ2v) is 6.09. The molecule has 1 atom stereocenters. The molecule has 2 aliphatic heterocycles. The first-order chi connectivity index (χ1) is 12.8. The molecule has 9 nitrogen and oxygen atoms in total. The summed E-state index contributed by atoms with van der Waals surface area (Å²) in [5.74, 6) is -2.99. The minimum atomic E-state index is -2.05. The van der Waals surface area contributed by atoms with Crippen molar-refractivity contribution < 1.29 is 28.4 Å². The average Bonchev–Trinajstić information content (AvgIpc) is 2.88. The second kappa shape index (κ2) is 5.34. The lowest BCUT2D eigenvalue weighted by atomic mass is 9.93. The quantitative estimate of drug-likeness (QED) is 0.555. The number of ketones is 2. The summed E-state index contributed by atoms with van der Waals surface area (Å²) in [7, 11) is 1.24. The van der Waals surface area contributed by atoms with Gasteiger partial charge in [-0.3, -0.25) is 19.3 Å². The Kier molecular flexibility index (Phi) is 3.29. The number of nitrogens with zero attached hydrogens (tertiary/aromatic N) is 2. The Morgan fingerprint density at radius 1 is 1.04 bits per heavy atom. The van der Waals surface area contributed by atoms with Crippen LogP contribution in [0.1, 0.15) is 5.56 Å². The van der Waals surface area contributed by atoms with Gasteiger partial charge in [0.05, 0.1) is 5.69 Å². The van der Waals surface area contributed by atoms with Crippen LogP contribution in [0.2, 0.25) is 0 Å². The van der Waals surface area contributed by atoms with Gasteiger partial charge in [-0.1, -0.05) is 0 Å². The molecule has 2 N–H and O–H groups in total. The number of carbonyl (C=O) groups excluding carboxylic acids is 5. The topological polar surface area (TPSA) is 116 Å². The Hall–Kier alpha value is -3.82. The van der Waals surface area contributed by atoms with Gasteiger partial charge in [-0.2, -0.15) is 0 Å². The summed E-state index contributed by atoms with van der Waals surface area (Å²) in [5.41, 5.74) is -2.37. The smallest absolute Gasteiger partial charge is 0.307 e. The highest BCUT2D eigenvalue weighted by Crippen LogP contribution is 2.41. The molecule has 2 heterocycles. The molecule has 1 unspecified atom stereocenters. The van der Waals surface area contributed by atoms with Gasteiger partial charge in [0.25, 0.3) is 5.91 Å². The van der Waals surface area contributed by atoms with E-state index in [4.69, 9.17) is 0 Å². The van der Waals surface area contributed by atoms with Crippen LogP contribution in [0.5, 0.6) is 0 Å². The van der Waals surface area contributed by atoms with Crippen molar-refractivity contribution in [3.63, 3.8) is 0 Å². The zero-order valence-corrected chi connectivity index (χ0v) is 13.8. The summed E-state index contributed by atoms with van der Waals surface area (Å²) >= 11 is 0. The minimum Gasteiger partial charge on any atom is -0.307 e. The van der Waals surface area contributed by atoms with E-state index in [0.717, 1.165) is 35.3 Å². The number of allylic oxidation sites excluding steroid dienone is 3. The predicted octanol–water partition coefficient (Wildman–Crippen LogP) is 0.599. The van der Waals surface area contributed by atoms with Crippen molar-refractivity contribution in [1.82, 2.24) is 15.1 Å². The van der Waals surface area contributed by atoms with Crippen LogP contribution >= 0.6 is 0 Å². The van der Waals surface area contributed by atoms with Crippen molar-refractivity contribution >= 4 is 35.2 Å². The van der Waals surface area contributed by atoms with Crippen LogP contribution in [0.4, 0.5) is 19.7 Å². The Bertz CT molecular complexity index is 1030. The van der Waals surface area contributed by atoms with Crippen LogP contribution in [-0.4, -0.2) is 46.4 Å². The van der Waals surface area contributed by atoms with Crippen molar-refractivity contribution in [2.24, 2.45) is 0 Å². The number of rotatable bonds is 1. The number of fused-ring (bicyclic) bond motifs is 2. The fourth-order valence-electron chi connectivity index (χ4n) is 3.28. The molecule has 5 amide bonds. The largest absolute Gasteiger partial charge is 0.331 e. The number of likely N-dealkylation sites (N-methyl/N-ethyl adjacent to an activating group) is 1. The second-order valence-electron chi connectivity index (χ2n) is 6.09. The molecule has 1 aromatic carbocycles. The molecule has 3 aliphatic rings. The van der Waals surface area contributed by atoms with Gasteiger partial charge < -0.3 is 10.6 Å². The first-order valence-corrected chi connectivity index (χ1v) is 7.75. The lowest BCUT2D eigenvalue weighted by molar-refractivity contribution is -0.136.